The molecule has 1 fully saturated rings. The molecule has 1 heterocycles. The van der Waals surface area contributed by atoms with Gasteiger partial charge in [0.05, 0.1) is 5.25 Å². The molecule has 2 amide bonds. The Morgan fingerprint density at radius 2 is 2.03 bits per heavy atom. The molecule has 1 unspecified atom stereocenters. The number of hydrogen-bond donors (Lipinski definition) is 2. The summed E-state index contributed by atoms with van der Waals surface area (Å²) in [4.78, 5) is 30.2. The van der Waals surface area contributed by atoms with Crippen molar-refractivity contribution in [3.05, 3.63) is 24.3 Å². The molecule has 3 rings (SSSR count). The van der Waals surface area contributed by atoms with E-state index in [1.165, 1.54) is 29.7 Å². The first-order valence-electron chi connectivity index (χ1n) is 9.90. The summed E-state index contributed by atoms with van der Waals surface area (Å²) in [6.45, 7) is 3.89. The Morgan fingerprint density at radius 3 is 2.79 bits per heavy atom. The Labute approximate surface area is 184 Å². The predicted molar refractivity (Wildman–Crippen MR) is 122 cm³/mol. The second-order valence-corrected chi connectivity index (χ2v) is 10.3. The highest BCUT2D eigenvalue weighted by atomic mass is 32.2. The van der Waals surface area contributed by atoms with Crippen LogP contribution in [-0.2, 0) is 9.59 Å². The third-order valence-electron chi connectivity index (χ3n) is 4.67. The van der Waals surface area contributed by atoms with Crippen LogP contribution in [0.15, 0.2) is 34.3 Å². The van der Waals surface area contributed by atoms with Gasteiger partial charge in [-0.3, -0.25) is 14.9 Å². The smallest absolute Gasteiger partial charge is 0.239 e. The maximum atomic E-state index is 12.5. The van der Waals surface area contributed by atoms with Gasteiger partial charge in [-0.2, -0.15) is 9.36 Å². The van der Waals surface area contributed by atoms with Gasteiger partial charge in [0.25, 0.3) is 0 Å². The average molecular weight is 451 g/mol. The number of hydrogen-bond acceptors (Lipinski definition) is 7. The molecule has 156 valence electrons. The van der Waals surface area contributed by atoms with Crippen LogP contribution in [0.1, 0.15) is 46.0 Å². The molecular formula is C20H26N4O2S3. The van der Waals surface area contributed by atoms with Gasteiger partial charge in [-0.15, -0.1) is 11.8 Å². The normalized spacial score (nSPS) is 15.7. The number of nitrogens with zero attached hydrogens (tertiary/aromatic N) is 2. The fourth-order valence-corrected chi connectivity index (χ4v) is 5.37. The van der Waals surface area contributed by atoms with Gasteiger partial charge in [0, 0.05) is 28.0 Å². The van der Waals surface area contributed by atoms with Crippen molar-refractivity contribution in [1.82, 2.24) is 9.36 Å². The van der Waals surface area contributed by atoms with E-state index in [9.17, 15) is 9.59 Å². The van der Waals surface area contributed by atoms with Crippen molar-refractivity contribution >= 4 is 57.7 Å². The molecule has 1 atom stereocenters. The number of aromatic nitrogens is 2. The Morgan fingerprint density at radius 1 is 1.24 bits per heavy atom. The van der Waals surface area contributed by atoms with Gasteiger partial charge in [0.1, 0.15) is 0 Å². The first-order valence-corrected chi connectivity index (χ1v) is 12.5. The summed E-state index contributed by atoms with van der Waals surface area (Å²) in [7, 11) is 0. The quantitative estimate of drug-likeness (QED) is 0.532. The zero-order valence-electron chi connectivity index (χ0n) is 16.6. The minimum Gasteiger partial charge on any atom is -0.326 e. The second kappa shape index (κ2) is 11.0. The number of benzene rings is 1. The van der Waals surface area contributed by atoms with Crippen molar-refractivity contribution in [2.75, 3.05) is 16.4 Å². The largest absolute Gasteiger partial charge is 0.326 e. The van der Waals surface area contributed by atoms with E-state index in [1.54, 1.807) is 11.8 Å². The van der Waals surface area contributed by atoms with Crippen molar-refractivity contribution < 1.29 is 9.59 Å². The van der Waals surface area contributed by atoms with Gasteiger partial charge >= 0.3 is 0 Å². The SMILES string of the molecule is CCSc1nsc(NC(=O)C(C)Sc2cccc(NC(=O)C3CCCCC3)c2)n1. The lowest BCUT2D eigenvalue weighted by atomic mass is 9.88. The molecule has 0 spiro atoms. The Kier molecular flexibility index (Phi) is 8.38. The van der Waals surface area contributed by atoms with Gasteiger partial charge in [-0.25, -0.2) is 0 Å². The number of nitrogens with one attached hydrogen (secondary N) is 2. The van der Waals surface area contributed by atoms with E-state index in [-0.39, 0.29) is 23.0 Å². The molecule has 1 aliphatic carbocycles. The van der Waals surface area contributed by atoms with Crippen molar-refractivity contribution in [3.8, 4) is 0 Å². The van der Waals surface area contributed by atoms with Crippen molar-refractivity contribution in [2.45, 2.75) is 61.3 Å². The zero-order valence-corrected chi connectivity index (χ0v) is 19.1. The molecule has 6 nitrogen and oxygen atoms in total. The highest BCUT2D eigenvalue weighted by molar-refractivity contribution is 8.00. The van der Waals surface area contributed by atoms with E-state index in [1.807, 2.05) is 38.1 Å². The molecule has 2 N–H and O–H groups in total. The van der Waals surface area contributed by atoms with Crippen LogP contribution in [0.2, 0.25) is 0 Å². The van der Waals surface area contributed by atoms with E-state index < -0.39 is 0 Å². The Bertz CT molecular complexity index is 837. The summed E-state index contributed by atoms with van der Waals surface area (Å²) in [6.07, 6.45) is 5.44. The van der Waals surface area contributed by atoms with Crippen LogP contribution < -0.4 is 10.6 Å². The maximum Gasteiger partial charge on any atom is 0.239 e. The van der Waals surface area contributed by atoms with Crippen LogP contribution in [0.25, 0.3) is 0 Å². The maximum absolute atomic E-state index is 12.5. The monoisotopic (exact) mass is 450 g/mol. The second-order valence-electron chi connectivity index (χ2n) is 6.92. The lowest BCUT2D eigenvalue weighted by Gasteiger charge is -2.21. The van der Waals surface area contributed by atoms with Gasteiger partial charge < -0.3 is 5.32 Å². The number of carbonyl (C=O) groups excluding carboxylic acids is 2. The molecule has 0 aliphatic heterocycles. The zero-order chi connectivity index (χ0) is 20.6. The Balaban J connectivity index is 1.54. The van der Waals surface area contributed by atoms with Gasteiger partial charge in [-0.1, -0.05) is 44.0 Å². The van der Waals surface area contributed by atoms with E-state index in [4.69, 9.17) is 0 Å². The average Bonchev–Trinajstić information content (AvgIpc) is 3.16. The highest BCUT2D eigenvalue weighted by Crippen LogP contribution is 2.29. The summed E-state index contributed by atoms with van der Waals surface area (Å²) < 4.78 is 4.21. The molecule has 1 aromatic heterocycles. The topological polar surface area (TPSA) is 84.0 Å². The van der Waals surface area contributed by atoms with Crippen LogP contribution >= 0.6 is 35.1 Å². The minimum atomic E-state index is -0.300. The van der Waals surface area contributed by atoms with E-state index in [2.05, 4.69) is 20.0 Å². The van der Waals surface area contributed by atoms with Crippen LogP contribution in [0.5, 0.6) is 0 Å². The highest BCUT2D eigenvalue weighted by Gasteiger charge is 2.21. The lowest BCUT2D eigenvalue weighted by molar-refractivity contribution is -0.120. The number of amides is 2. The number of rotatable bonds is 8. The van der Waals surface area contributed by atoms with Crippen LogP contribution in [0.3, 0.4) is 0 Å². The lowest BCUT2D eigenvalue weighted by Crippen LogP contribution is -2.24. The summed E-state index contributed by atoms with van der Waals surface area (Å²) in [5.74, 6) is 1.00. The van der Waals surface area contributed by atoms with Crippen LogP contribution in [0, 0.1) is 5.92 Å². The Hall–Kier alpha value is -1.58. The molecule has 29 heavy (non-hydrogen) atoms. The molecular weight excluding hydrogens is 424 g/mol. The first-order chi connectivity index (χ1) is 14.0. The summed E-state index contributed by atoms with van der Waals surface area (Å²) in [6, 6.07) is 7.67. The summed E-state index contributed by atoms with van der Waals surface area (Å²) in [5, 5.41) is 6.78. The van der Waals surface area contributed by atoms with E-state index >= 15 is 0 Å². The van der Waals surface area contributed by atoms with Crippen LogP contribution in [-0.4, -0.2) is 32.2 Å². The van der Waals surface area contributed by atoms with E-state index in [0.29, 0.717) is 10.3 Å². The molecule has 0 saturated heterocycles. The molecule has 1 saturated carbocycles. The third kappa shape index (κ3) is 6.72. The first kappa shape index (κ1) is 22.1. The fourth-order valence-electron chi connectivity index (χ4n) is 3.17. The van der Waals surface area contributed by atoms with Crippen molar-refractivity contribution in [2.24, 2.45) is 5.92 Å². The van der Waals surface area contributed by atoms with Crippen molar-refractivity contribution in [3.63, 3.8) is 0 Å². The molecule has 9 heteroatoms. The summed E-state index contributed by atoms with van der Waals surface area (Å²) >= 11 is 4.19. The predicted octanol–water partition coefficient (Wildman–Crippen LogP) is 5.29. The molecule has 0 radical (unpaired) electrons. The van der Waals surface area contributed by atoms with Gasteiger partial charge in [-0.05, 0) is 43.7 Å². The standard InChI is InChI=1S/C20H26N4O2S3/c1-3-27-20-23-19(29-24-20)22-17(25)13(2)28-16-11-7-10-15(12-16)21-18(26)14-8-5-4-6-9-14/h7,10-14H,3-6,8-9H2,1-2H3,(H,21,26)(H,22,23,24,25). The summed E-state index contributed by atoms with van der Waals surface area (Å²) in [5.41, 5.74) is 0.781. The molecule has 1 aliphatic rings. The number of carbonyl (C=O) groups is 2. The minimum absolute atomic E-state index is 0.106. The van der Waals surface area contributed by atoms with Crippen LogP contribution in [0.4, 0.5) is 10.8 Å². The number of thioether (sulfide) groups is 2. The van der Waals surface area contributed by atoms with Crippen molar-refractivity contribution in [1.29, 1.82) is 0 Å². The molecule has 1 aromatic carbocycles. The molecule has 0 bridgehead atoms. The fraction of sp³-hybridized carbons (Fsp3) is 0.500. The van der Waals surface area contributed by atoms with Gasteiger partial charge in [0.2, 0.25) is 22.1 Å². The third-order valence-corrected chi connectivity index (χ3v) is 7.24. The molecule has 2 aromatic rings. The number of anilines is 2. The van der Waals surface area contributed by atoms with Gasteiger partial charge in [0.15, 0.2) is 0 Å². The van der Waals surface area contributed by atoms with E-state index in [0.717, 1.165) is 42.0 Å².